The first kappa shape index (κ1) is 14.7. The van der Waals surface area contributed by atoms with Gasteiger partial charge >= 0.3 is 0 Å². The fourth-order valence-electron chi connectivity index (χ4n) is 3.74. The molecular formula is C18H24N4O. The average Bonchev–Trinajstić information content (AvgIpc) is 3.02. The van der Waals surface area contributed by atoms with Crippen molar-refractivity contribution in [2.45, 2.75) is 13.0 Å². The third-order valence-corrected chi connectivity index (χ3v) is 5.35. The molecule has 4 rings (SSSR count). The maximum absolute atomic E-state index is 12.8. The van der Waals surface area contributed by atoms with Gasteiger partial charge in [0.05, 0.1) is 0 Å². The predicted molar refractivity (Wildman–Crippen MR) is 91.7 cm³/mol. The van der Waals surface area contributed by atoms with Crippen molar-refractivity contribution in [2.75, 3.05) is 45.8 Å². The largest absolute Gasteiger partial charge is 0.361 e. The van der Waals surface area contributed by atoms with Crippen LogP contribution in [0.1, 0.15) is 17.3 Å². The number of carbonyl (C=O) groups excluding carboxylic acids is 1. The van der Waals surface area contributed by atoms with Gasteiger partial charge in [-0.2, -0.15) is 0 Å². The standard InChI is InChI=1S/C18H24N4O/c1-2-20-8-10-21(11-9-20)14-12-22(13-14)18(23)16-4-3-5-17-15(16)6-7-19-17/h3-7,14,19H,2,8-13H2,1H3. The van der Waals surface area contributed by atoms with Gasteiger partial charge in [-0.25, -0.2) is 0 Å². The first-order valence-electron chi connectivity index (χ1n) is 8.58. The van der Waals surface area contributed by atoms with Crippen LogP contribution in [-0.2, 0) is 0 Å². The summed E-state index contributed by atoms with van der Waals surface area (Å²) in [5.74, 6) is 0.165. The van der Waals surface area contributed by atoms with Gasteiger partial charge in [-0.3, -0.25) is 9.69 Å². The molecule has 2 saturated heterocycles. The minimum Gasteiger partial charge on any atom is -0.361 e. The highest BCUT2D eigenvalue weighted by atomic mass is 16.2. The Labute approximate surface area is 136 Å². The Bertz CT molecular complexity index is 696. The zero-order valence-electron chi connectivity index (χ0n) is 13.7. The second-order valence-corrected chi connectivity index (χ2v) is 6.58. The van der Waals surface area contributed by atoms with Gasteiger partial charge in [0.15, 0.2) is 0 Å². The molecule has 0 aliphatic carbocycles. The highest BCUT2D eigenvalue weighted by molar-refractivity contribution is 6.06. The van der Waals surface area contributed by atoms with E-state index in [1.807, 2.05) is 35.4 Å². The molecule has 5 heteroatoms. The van der Waals surface area contributed by atoms with Gasteiger partial charge in [0.25, 0.3) is 5.91 Å². The maximum atomic E-state index is 12.8. The van der Waals surface area contributed by atoms with E-state index in [0.29, 0.717) is 6.04 Å². The van der Waals surface area contributed by atoms with E-state index in [1.165, 1.54) is 0 Å². The molecule has 0 unspecified atom stereocenters. The molecule has 2 aliphatic rings. The molecule has 0 bridgehead atoms. The Morgan fingerprint density at radius 1 is 1.17 bits per heavy atom. The molecule has 1 aromatic heterocycles. The van der Waals surface area contributed by atoms with Crippen LogP contribution < -0.4 is 0 Å². The molecule has 2 aliphatic heterocycles. The van der Waals surface area contributed by atoms with Crippen molar-refractivity contribution in [1.29, 1.82) is 0 Å². The van der Waals surface area contributed by atoms with E-state index in [-0.39, 0.29) is 5.91 Å². The quantitative estimate of drug-likeness (QED) is 0.937. The van der Waals surface area contributed by atoms with Crippen LogP contribution >= 0.6 is 0 Å². The number of hydrogen-bond acceptors (Lipinski definition) is 3. The van der Waals surface area contributed by atoms with Crippen LogP contribution in [0.2, 0.25) is 0 Å². The van der Waals surface area contributed by atoms with Gasteiger partial charge in [-0.1, -0.05) is 13.0 Å². The molecule has 1 N–H and O–H groups in total. The van der Waals surface area contributed by atoms with Crippen molar-refractivity contribution in [3.63, 3.8) is 0 Å². The molecule has 5 nitrogen and oxygen atoms in total. The van der Waals surface area contributed by atoms with Crippen LogP contribution in [0, 0.1) is 0 Å². The van der Waals surface area contributed by atoms with Crippen molar-refractivity contribution in [2.24, 2.45) is 0 Å². The third-order valence-electron chi connectivity index (χ3n) is 5.35. The third kappa shape index (κ3) is 2.64. The second-order valence-electron chi connectivity index (χ2n) is 6.58. The van der Waals surface area contributed by atoms with Crippen molar-refractivity contribution in [1.82, 2.24) is 19.7 Å². The van der Waals surface area contributed by atoms with Gasteiger partial charge in [-0.15, -0.1) is 0 Å². The number of nitrogens with one attached hydrogen (secondary N) is 1. The summed E-state index contributed by atoms with van der Waals surface area (Å²) in [5, 5.41) is 1.03. The van der Waals surface area contributed by atoms with Gasteiger partial charge in [0.2, 0.25) is 0 Å². The Morgan fingerprint density at radius 3 is 2.70 bits per heavy atom. The molecule has 23 heavy (non-hydrogen) atoms. The predicted octanol–water partition coefficient (Wildman–Crippen LogP) is 1.63. The zero-order valence-corrected chi connectivity index (χ0v) is 13.7. The number of aromatic amines is 1. The van der Waals surface area contributed by atoms with Crippen LogP contribution in [0.4, 0.5) is 0 Å². The topological polar surface area (TPSA) is 42.6 Å². The molecule has 0 radical (unpaired) electrons. The molecule has 3 heterocycles. The number of hydrogen-bond donors (Lipinski definition) is 1. The molecule has 2 aromatic rings. The lowest BCUT2D eigenvalue weighted by atomic mass is 10.0. The summed E-state index contributed by atoms with van der Waals surface area (Å²) in [6.07, 6.45) is 1.90. The van der Waals surface area contributed by atoms with Crippen LogP contribution in [0.15, 0.2) is 30.5 Å². The Balaban J connectivity index is 1.38. The Morgan fingerprint density at radius 2 is 1.96 bits per heavy atom. The lowest BCUT2D eigenvalue weighted by Crippen LogP contribution is -2.64. The monoisotopic (exact) mass is 312 g/mol. The van der Waals surface area contributed by atoms with E-state index in [4.69, 9.17) is 0 Å². The van der Waals surface area contributed by atoms with Crippen molar-refractivity contribution >= 4 is 16.8 Å². The number of nitrogens with zero attached hydrogens (tertiary/aromatic N) is 3. The van der Waals surface area contributed by atoms with Gasteiger partial charge in [0, 0.05) is 68.0 Å². The summed E-state index contributed by atoms with van der Waals surface area (Å²) in [4.78, 5) is 23.0. The molecule has 0 saturated carbocycles. The zero-order chi connectivity index (χ0) is 15.8. The average molecular weight is 312 g/mol. The number of benzene rings is 1. The molecule has 2 fully saturated rings. The van der Waals surface area contributed by atoms with Crippen LogP contribution in [0.3, 0.4) is 0 Å². The number of amides is 1. The minimum atomic E-state index is 0.165. The second kappa shape index (κ2) is 5.98. The smallest absolute Gasteiger partial charge is 0.254 e. The van der Waals surface area contributed by atoms with Crippen molar-refractivity contribution in [3.05, 3.63) is 36.0 Å². The SMILES string of the molecule is CCN1CCN(C2CN(C(=O)c3cccc4[nH]ccc34)C2)CC1. The fourth-order valence-corrected chi connectivity index (χ4v) is 3.74. The molecule has 1 amide bonds. The summed E-state index contributed by atoms with van der Waals surface area (Å²) in [5.41, 5.74) is 1.85. The molecular weight excluding hydrogens is 288 g/mol. The van der Waals surface area contributed by atoms with Crippen LogP contribution in [-0.4, -0.2) is 77.4 Å². The van der Waals surface area contributed by atoms with E-state index in [0.717, 1.165) is 62.3 Å². The van der Waals surface area contributed by atoms with Gasteiger partial charge in [0.1, 0.15) is 0 Å². The van der Waals surface area contributed by atoms with E-state index < -0.39 is 0 Å². The lowest BCUT2D eigenvalue weighted by Gasteiger charge is -2.48. The number of likely N-dealkylation sites (N-methyl/N-ethyl adjacent to an activating group) is 1. The lowest BCUT2D eigenvalue weighted by molar-refractivity contribution is 0.00852. The van der Waals surface area contributed by atoms with Crippen molar-refractivity contribution < 1.29 is 4.79 Å². The maximum Gasteiger partial charge on any atom is 0.254 e. The normalized spacial score (nSPS) is 20.8. The summed E-state index contributed by atoms with van der Waals surface area (Å²) >= 11 is 0. The highest BCUT2D eigenvalue weighted by Gasteiger charge is 2.36. The molecule has 122 valence electrons. The summed E-state index contributed by atoms with van der Waals surface area (Å²) in [6, 6.07) is 8.43. The number of carbonyl (C=O) groups is 1. The number of piperazine rings is 1. The van der Waals surface area contributed by atoms with E-state index in [1.54, 1.807) is 0 Å². The minimum absolute atomic E-state index is 0.165. The van der Waals surface area contributed by atoms with E-state index in [2.05, 4.69) is 21.7 Å². The summed E-state index contributed by atoms with van der Waals surface area (Å²) in [7, 11) is 0. The van der Waals surface area contributed by atoms with Crippen LogP contribution in [0.5, 0.6) is 0 Å². The molecule has 1 aromatic carbocycles. The number of aromatic nitrogens is 1. The molecule has 0 spiro atoms. The van der Waals surface area contributed by atoms with E-state index >= 15 is 0 Å². The van der Waals surface area contributed by atoms with E-state index in [9.17, 15) is 4.79 Å². The Kier molecular flexibility index (Phi) is 3.83. The van der Waals surface area contributed by atoms with Crippen LogP contribution in [0.25, 0.3) is 10.9 Å². The highest BCUT2D eigenvalue weighted by Crippen LogP contribution is 2.23. The Hall–Kier alpha value is -1.85. The van der Waals surface area contributed by atoms with Gasteiger partial charge < -0.3 is 14.8 Å². The van der Waals surface area contributed by atoms with Crippen molar-refractivity contribution in [3.8, 4) is 0 Å². The number of fused-ring (bicyclic) bond motifs is 1. The first-order chi connectivity index (χ1) is 11.3. The summed E-state index contributed by atoms with van der Waals surface area (Å²) in [6.45, 7) is 9.68. The summed E-state index contributed by atoms with van der Waals surface area (Å²) < 4.78 is 0. The molecule has 0 atom stereocenters. The fraction of sp³-hybridized carbons (Fsp3) is 0.500. The number of H-pyrrole nitrogens is 1. The number of rotatable bonds is 3. The number of likely N-dealkylation sites (tertiary alicyclic amines) is 1. The first-order valence-corrected chi connectivity index (χ1v) is 8.58. The van der Waals surface area contributed by atoms with Gasteiger partial charge in [-0.05, 0) is 24.7 Å².